The van der Waals surface area contributed by atoms with E-state index in [1.54, 1.807) is 0 Å². The molecule has 1 rings (SSSR count). The van der Waals surface area contributed by atoms with Crippen LogP contribution in [0.3, 0.4) is 0 Å². The topological polar surface area (TPSA) is 9.23 Å². The zero-order valence-corrected chi connectivity index (χ0v) is 9.09. The maximum Gasteiger partial charge on any atom is 0.0721 e. The number of hydrogen-bond donors (Lipinski definition) is 0. The summed E-state index contributed by atoms with van der Waals surface area (Å²) in [6.45, 7) is 5.12. The zero-order valence-electron chi connectivity index (χ0n) is 7.50. The number of halogens is 1. The highest BCUT2D eigenvalue weighted by molar-refractivity contribution is 9.09. The Labute approximate surface area is 87.5 Å². The van der Waals surface area contributed by atoms with Gasteiger partial charge in [0.15, 0.2) is 0 Å². The summed E-state index contributed by atoms with van der Waals surface area (Å²) in [6, 6.07) is 10.1. The van der Waals surface area contributed by atoms with Crippen molar-refractivity contribution in [1.82, 2.24) is 0 Å². The van der Waals surface area contributed by atoms with E-state index in [-0.39, 0.29) is 0 Å². The minimum Gasteiger partial charge on any atom is -0.372 e. The van der Waals surface area contributed by atoms with Gasteiger partial charge in [0.25, 0.3) is 0 Å². The Kier molecular flexibility index (Phi) is 4.79. The largest absolute Gasteiger partial charge is 0.372 e. The number of hydrogen-bond acceptors (Lipinski definition) is 1. The van der Waals surface area contributed by atoms with Gasteiger partial charge in [-0.25, -0.2) is 0 Å². The molecule has 0 aromatic heterocycles. The van der Waals surface area contributed by atoms with Crippen LogP contribution in [0.2, 0.25) is 0 Å². The fourth-order valence-corrected chi connectivity index (χ4v) is 1.09. The zero-order chi connectivity index (χ0) is 9.52. The van der Waals surface area contributed by atoms with Gasteiger partial charge >= 0.3 is 0 Å². The van der Waals surface area contributed by atoms with Crippen LogP contribution in [0.15, 0.2) is 42.5 Å². The molecule has 1 nitrogen and oxygen atoms in total. The van der Waals surface area contributed by atoms with Crippen LogP contribution < -0.4 is 0 Å². The lowest BCUT2D eigenvalue weighted by Gasteiger charge is -2.04. The van der Waals surface area contributed by atoms with E-state index in [0.29, 0.717) is 13.2 Å². The normalized spacial score (nSPS) is 9.92. The predicted octanol–water partition coefficient (Wildman–Crippen LogP) is 3.15. The third-order valence-electron chi connectivity index (χ3n) is 1.61. The number of ether oxygens (including phenoxy) is 1. The van der Waals surface area contributed by atoms with Crippen LogP contribution in [0.4, 0.5) is 0 Å². The molecule has 0 amide bonds. The van der Waals surface area contributed by atoms with E-state index in [1.807, 2.05) is 18.2 Å². The van der Waals surface area contributed by atoms with Gasteiger partial charge in [-0.15, -0.1) is 0 Å². The van der Waals surface area contributed by atoms with Gasteiger partial charge in [0.05, 0.1) is 13.2 Å². The lowest BCUT2D eigenvalue weighted by molar-refractivity contribution is 0.143. The van der Waals surface area contributed by atoms with Crippen molar-refractivity contribution in [3.63, 3.8) is 0 Å². The minimum atomic E-state index is 0.625. The summed E-state index contributed by atoms with van der Waals surface area (Å²) in [5, 5.41) is 0.807. The van der Waals surface area contributed by atoms with Gasteiger partial charge in [-0.3, -0.25) is 0 Å². The van der Waals surface area contributed by atoms with E-state index >= 15 is 0 Å². The van der Waals surface area contributed by atoms with Gasteiger partial charge in [-0.1, -0.05) is 52.8 Å². The lowest BCUT2D eigenvalue weighted by atomic mass is 10.2. The molecule has 13 heavy (non-hydrogen) atoms. The Morgan fingerprint density at radius 1 is 1.31 bits per heavy atom. The van der Waals surface area contributed by atoms with E-state index in [1.165, 1.54) is 5.56 Å². The van der Waals surface area contributed by atoms with Crippen molar-refractivity contribution in [3.8, 4) is 0 Å². The summed E-state index contributed by atoms with van der Waals surface area (Å²) in [5.74, 6) is 0. The van der Waals surface area contributed by atoms with E-state index < -0.39 is 0 Å². The van der Waals surface area contributed by atoms with E-state index in [2.05, 4.69) is 34.6 Å². The highest BCUT2D eigenvalue weighted by atomic mass is 79.9. The highest BCUT2D eigenvalue weighted by Crippen LogP contribution is 2.03. The quantitative estimate of drug-likeness (QED) is 0.568. The SMILES string of the molecule is C=C(CBr)COCc1ccccc1. The van der Waals surface area contributed by atoms with Crippen LogP contribution in [0.5, 0.6) is 0 Å². The predicted molar refractivity (Wildman–Crippen MR) is 59.0 cm³/mol. The minimum absolute atomic E-state index is 0.625. The van der Waals surface area contributed by atoms with Crippen molar-refractivity contribution in [3.05, 3.63) is 48.0 Å². The summed E-state index contributed by atoms with van der Waals surface area (Å²) in [5.41, 5.74) is 2.26. The molecular weight excluding hydrogens is 228 g/mol. The van der Waals surface area contributed by atoms with Gasteiger partial charge in [0.1, 0.15) is 0 Å². The molecule has 1 aromatic rings. The second kappa shape index (κ2) is 5.95. The van der Waals surface area contributed by atoms with Gasteiger partial charge in [-0.2, -0.15) is 0 Å². The van der Waals surface area contributed by atoms with Crippen molar-refractivity contribution in [2.24, 2.45) is 0 Å². The molecule has 0 unspecified atom stereocenters. The fourth-order valence-electron chi connectivity index (χ4n) is 0.926. The summed E-state index contributed by atoms with van der Waals surface area (Å²) in [7, 11) is 0. The van der Waals surface area contributed by atoms with Gasteiger partial charge < -0.3 is 4.74 Å². The van der Waals surface area contributed by atoms with Crippen molar-refractivity contribution in [2.75, 3.05) is 11.9 Å². The maximum atomic E-state index is 5.44. The van der Waals surface area contributed by atoms with E-state index in [4.69, 9.17) is 4.74 Å². The third-order valence-corrected chi connectivity index (χ3v) is 2.40. The molecule has 0 bridgehead atoms. The van der Waals surface area contributed by atoms with Crippen molar-refractivity contribution in [2.45, 2.75) is 6.61 Å². The lowest BCUT2D eigenvalue weighted by Crippen LogP contribution is -1.98. The summed E-state index contributed by atoms with van der Waals surface area (Å²) < 4.78 is 5.44. The van der Waals surface area contributed by atoms with Crippen LogP contribution in [-0.4, -0.2) is 11.9 Å². The average Bonchev–Trinajstić information content (AvgIpc) is 2.19. The highest BCUT2D eigenvalue weighted by Gasteiger charge is 1.93. The van der Waals surface area contributed by atoms with E-state index in [9.17, 15) is 0 Å². The smallest absolute Gasteiger partial charge is 0.0721 e. The Bertz CT molecular complexity index is 256. The molecular formula is C11H13BrO. The molecule has 1 aromatic carbocycles. The third kappa shape index (κ3) is 4.25. The molecule has 0 heterocycles. The summed E-state index contributed by atoms with van der Waals surface area (Å²) >= 11 is 3.32. The second-order valence-electron chi connectivity index (χ2n) is 2.86. The van der Waals surface area contributed by atoms with Crippen LogP contribution in [0.1, 0.15) is 5.56 Å². The molecule has 0 radical (unpaired) electrons. The maximum absolute atomic E-state index is 5.44. The number of rotatable bonds is 5. The molecule has 0 N–H and O–H groups in total. The fraction of sp³-hybridized carbons (Fsp3) is 0.273. The Morgan fingerprint density at radius 2 is 2.00 bits per heavy atom. The second-order valence-corrected chi connectivity index (χ2v) is 3.42. The molecule has 0 saturated heterocycles. The van der Waals surface area contributed by atoms with Crippen LogP contribution in [0.25, 0.3) is 0 Å². The molecule has 0 atom stereocenters. The summed E-state index contributed by atoms with van der Waals surface area (Å²) in [4.78, 5) is 0. The molecule has 0 aliphatic heterocycles. The number of benzene rings is 1. The van der Waals surface area contributed by atoms with Crippen LogP contribution in [0, 0.1) is 0 Å². The van der Waals surface area contributed by atoms with Crippen LogP contribution in [-0.2, 0) is 11.3 Å². The average molecular weight is 241 g/mol. The Hall–Kier alpha value is -0.600. The monoisotopic (exact) mass is 240 g/mol. The molecule has 70 valence electrons. The van der Waals surface area contributed by atoms with Gasteiger partial charge in [-0.05, 0) is 11.1 Å². The standard InChI is InChI=1S/C11H13BrO/c1-10(7-12)8-13-9-11-5-3-2-4-6-11/h2-6H,1,7-9H2. The van der Waals surface area contributed by atoms with Crippen molar-refractivity contribution < 1.29 is 4.74 Å². The molecule has 0 fully saturated rings. The first kappa shape index (κ1) is 10.5. The van der Waals surface area contributed by atoms with E-state index in [0.717, 1.165) is 10.9 Å². The van der Waals surface area contributed by atoms with Crippen molar-refractivity contribution >= 4 is 15.9 Å². The molecule has 2 heteroatoms. The first-order valence-corrected chi connectivity index (χ1v) is 5.29. The van der Waals surface area contributed by atoms with Gasteiger partial charge in [0, 0.05) is 5.33 Å². The number of alkyl halides is 1. The van der Waals surface area contributed by atoms with Crippen molar-refractivity contribution in [1.29, 1.82) is 0 Å². The van der Waals surface area contributed by atoms with Gasteiger partial charge in [0.2, 0.25) is 0 Å². The molecule has 0 aliphatic carbocycles. The molecule has 0 spiro atoms. The summed E-state index contributed by atoms with van der Waals surface area (Å²) in [6.07, 6.45) is 0. The molecule has 0 aliphatic rings. The molecule has 0 saturated carbocycles. The Balaban J connectivity index is 2.24. The first-order chi connectivity index (χ1) is 6.33. The Morgan fingerprint density at radius 3 is 2.62 bits per heavy atom. The first-order valence-electron chi connectivity index (χ1n) is 4.17. The van der Waals surface area contributed by atoms with Crippen LogP contribution >= 0.6 is 15.9 Å².